The molecule has 0 saturated heterocycles. The lowest BCUT2D eigenvalue weighted by Crippen LogP contribution is -2.47. The van der Waals surface area contributed by atoms with Gasteiger partial charge in [-0.2, -0.15) is 5.10 Å². The number of aromatic nitrogens is 2. The predicted octanol–water partition coefficient (Wildman–Crippen LogP) is 2.17. The summed E-state index contributed by atoms with van der Waals surface area (Å²) >= 11 is 3.40. The second kappa shape index (κ2) is 5.72. The molecule has 1 saturated carbocycles. The van der Waals surface area contributed by atoms with Crippen LogP contribution in [0.4, 0.5) is 0 Å². The monoisotopic (exact) mass is 315 g/mol. The number of halogens is 1. The summed E-state index contributed by atoms with van der Waals surface area (Å²) in [6, 6.07) is 0.766. The molecule has 0 spiro atoms. The molecule has 0 radical (unpaired) electrons. The van der Waals surface area contributed by atoms with Gasteiger partial charge in [-0.15, -0.1) is 0 Å². The van der Waals surface area contributed by atoms with Gasteiger partial charge < -0.3 is 10.4 Å². The van der Waals surface area contributed by atoms with Gasteiger partial charge in [0.1, 0.15) is 0 Å². The van der Waals surface area contributed by atoms with Crippen molar-refractivity contribution in [3.8, 4) is 0 Å². The number of aliphatic hydroxyl groups is 1. The minimum absolute atomic E-state index is 0.0406. The van der Waals surface area contributed by atoms with Crippen LogP contribution in [0.1, 0.15) is 33.1 Å². The lowest BCUT2D eigenvalue weighted by molar-refractivity contribution is 0.113. The minimum Gasteiger partial charge on any atom is -0.396 e. The maximum absolute atomic E-state index is 9.54. The fraction of sp³-hybridized carbons (Fsp3) is 0.769. The quantitative estimate of drug-likeness (QED) is 0.875. The van der Waals surface area contributed by atoms with E-state index in [-0.39, 0.29) is 12.0 Å². The van der Waals surface area contributed by atoms with Crippen molar-refractivity contribution in [3.63, 3.8) is 0 Å². The van der Waals surface area contributed by atoms with E-state index in [9.17, 15) is 5.11 Å². The van der Waals surface area contributed by atoms with Gasteiger partial charge in [0.05, 0.1) is 17.2 Å². The first-order valence-electron chi connectivity index (χ1n) is 6.58. The number of hydrogen-bond acceptors (Lipinski definition) is 3. The van der Waals surface area contributed by atoms with E-state index in [4.69, 9.17) is 0 Å². The van der Waals surface area contributed by atoms with Crippen LogP contribution in [0.5, 0.6) is 0 Å². The lowest BCUT2D eigenvalue weighted by atomic mass is 9.85. The Balaban J connectivity index is 1.89. The molecule has 1 aromatic heterocycles. The van der Waals surface area contributed by atoms with Crippen molar-refractivity contribution >= 4 is 15.9 Å². The number of rotatable bonds is 5. The molecule has 0 aliphatic heterocycles. The molecule has 102 valence electrons. The molecule has 0 aromatic carbocycles. The van der Waals surface area contributed by atoms with Gasteiger partial charge in [0.15, 0.2) is 0 Å². The Bertz CT molecular complexity index is 395. The van der Waals surface area contributed by atoms with Crippen LogP contribution in [-0.4, -0.2) is 33.6 Å². The van der Waals surface area contributed by atoms with Crippen LogP contribution in [-0.2, 0) is 6.54 Å². The molecule has 18 heavy (non-hydrogen) atoms. The molecule has 5 heteroatoms. The second-order valence-electron chi connectivity index (χ2n) is 5.71. The van der Waals surface area contributed by atoms with Crippen molar-refractivity contribution in [2.24, 2.45) is 5.41 Å². The van der Waals surface area contributed by atoms with E-state index in [2.05, 4.69) is 40.2 Å². The highest BCUT2D eigenvalue weighted by Crippen LogP contribution is 2.37. The van der Waals surface area contributed by atoms with E-state index in [1.54, 1.807) is 6.20 Å². The number of aliphatic hydroxyl groups excluding tert-OH is 1. The molecular formula is C13H22BrN3O. The molecule has 1 aliphatic carbocycles. The Morgan fingerprint density at radius 3 is 3.11 bits per heavy atom. The SMILES string of the molecule is CC(Cn1cc(Br)cn1)NC1CCCC1(C)CO. The Morgan fingerprint density at radius 2 is 2.50 bits per heavy atom. The zero-order valence-corrected chi connectivity index (χ0v) is 12.7. The van der Waals surface area contributed by atoms with Crippen molar-refractivity contribution in [2.75, 3.05) is 6.61 Å². The average molecular weight is 316 g/mol. The lowest BCUT2D eigenvalue weighted by Gasteiger charge is -2.32. The zero-order chi connectivity index (χ0) is 13.2. The third-order valence-electron chi connectivity index (χ3n) is 3.99. The van der Waals surface area contributed by atoms with Crippen molar-refractivity contribution in [1.82, 2.24) is 15.1 Å². The van der Waals surface area contributed by atoms with Crippen molar-refractivity contribution < 1.29 is 5.11 Å². The van der Waals surface area contributed by atoms with Crippen LogP contribution in [0.25, 0.3) is 0 Å². The van der Waals surface area contributed by atoms with Crippen LogP contribution in [0.15, 0.2) is 16.9 Å². The van der Waals surface area contributed by atoms with E-state index < -0.39 is 0 Å². The van der Waals surface area contributed by atoms with Crippen molar-refractivity contribution in [3.05, 3.63) is 16.9 Å². The number of hydrogen-bond donors (Lipinski definition) is 2. The minimum atomic E-state index is 0.0406. The molecule has 0 bridgehead atoms. The van der Waals surface area contributed by atoms with E-state index in [1.165, 1.54) is 6.42 Å². The molecule has 2 rings (SSSR count). The van der Waals surface area contributed by atoms with E-state index in [0.717, 1.165) is 23.9 Å². The Kier molecular flexibility index (Phi) is 4.45. The Labute approximate surface area is 117 Å². The fourth-order valence-corrected chi connectivity index (χ4v) is 3.15. The van der Waals surface area contributed by atoms with Crippen LogP contribution in [0.2, 0.25) is 0 Å². The Morgan fingerprint density at radius 1 is 1.72 bits per heavy atom. The maximum atomic E-state index is 9.54. The Hall–Kier alpha value is -0.390. The summed E-state index contributed by atoms with van der Waals surface area (Å²) in [6.07, 6.45) is 7.26. The summed E-state index contributed by atoms with van der Waals surface area (Å²) < 4.78 is 2.95. The normalized spacial score (nSPS) is 29.7. The smallest absolute Gasteiger partial charge is 0.0632 e. The summed E-state index contributed by atoms with van der Waals surface area (Å²) in [5, 5.41) is 17.4. The molecule has 1 heterocycles. The molecule has 1 aromatic rings. The first-order valence-corrected chi connectivity index (χ1v) is 7.38. The fourth-order valence-electron chi connectivity index (χ4n) is 2.82. The molecule has 2 N–H and O–H groups in total. The largest absolute Gasteiger partial charge is 0.396 e. The predicted molar refractivity (Wildman–Crippen MR) is 75.4 cm³/mol. The highest BCUT2D eigenvalue weighted by atomic mass is 79.9. The van der Waals surface area contributed by atoms with E-state index in [1.807, 2.05) is 10.9 Å². The maximum Gasteiger partial charge on any atom is 0.0632 e. The third kappa shape index (κ3) is 3.13. The van der Waals surface area contributed by atoms with Crippen LogP contribution in [0.3, 0.4) is 0 Å². The molecule has 3 unspecified atom stereocenters. The van der Waals surface area contributed by atoms with Gasteiger partial charge in [-0.3, -0.25) is 4.68 Å². The zero-order valence-electron chi connectivity index (χ0n) is 11.1. The molecule has 3 atom stereocenters. The first-order chi connectivity index (χ1) is 8.53. The van der Waals surface area contributed by atoms with E-state index >= 15 is 0 Å². The standard InChI is InChI=1S/C13H22BrN3O/c1-10(7-17-8-11(14)6-15-17)16-12-4-3-5-13(12,2)9-18/h6,8,10,12,16,18H,3-5,7,9H2,1-2H3. The third-order valence-corrected chi connectivity index (χ3v) is 4.40. The van der Waals surface area contributed by atoms with Gasteiger partial charge in [0.25, 0.3) is 0 Å². The van der Waals surface area contributed by atoms with Gasteiger partial charge in [0, 0.05) is 30.3 Å². The molecular weight excluding hydrogens is 294 g/mol. The molecule has 4 nitrogen and oxygen atoms in total. The molecule has 1 aliphatic rings. The van der Waals surface area contributed by atoms with Gasteiger partial charge in [0.2, 0.25) is 0 Å². The molecule has 1 fully saturated rings. The summed E-state index contributed by atoms with van der Waals surface area (Å²) in [7, 11) is 0. The number of nitrogens with zero attached hydrogens (tertiary/aromatic N) is 2. The van der Waals surface area contributed by atoms with E-state index in [0.29, 0.717) is 12.1 Å². The number of nitrogens with one attached hydrogen (secondary N) is 1. The van der Waals surface area contributed by atoms with Crippen molar-refractivity contribution in [2.45, 2.75) is 51.7 Å². The highest BCUT2D eigenvalue weighted by molar-refractivity contribution is 9.10. The van der Waals surface area contributed by atoms with Gasteiger partial charge in [-0.1, -0.05) is 13.3 Å². The van der Waals surface area contributed by atoms with Gasteiger partial charge in [-0.05, 0) is 35.7 Å². The first kappa shape index (κ1) is 14.0. The average Bonchev–Trinajstić information content (AvgIpc) is 2.87. The topological polar surface area (TPSA) is 50.1 Å². The van der Waals surface area contributed by atoms with Crippen molar-refractivity contribution in [1.29, 1.82) is 0 Å². The van der Waals surface area contributed by atoms with Crippen LogP contribution >= 0.6 is 15.9 Å². The summed E-state index contributed by atoms with van der Waals surface area (Å²) in [5.74, 6) is 0. The van der Waals surface area contributed by atoms with Crippen LogP contribution in [0, 0.1) is 5.41 Å². The molecule has 0 amide bonds. The highest BCUT2D eigenvalue weighted by Gasteiger charge is 2.38. The summed E-state index contributed by atoms with van der Waals surface area (Å²) in [6.45, 7) is 5.47. The summed E-state index contributed by atoms with van der Waals surface area (Å²) in [5.41, 5.74) is 0.0406. The van der Waals surface area contributed by atoms with Crippen LogP contribution < -0.4 is 5.32 Å². The van der Waals surface area contributed by atoms with Gasteiger partial charge in [-0.25, -0.2) is 0 Å². The van der Waals surface area contributed by atoms with Gasteiger partial charge >= 0.3 is 0 Å². The summed E-state index contributed by atoms with van der Waals surface area (Å²) in [4.78, 5) is 0. The second-order valence-corrected chi connectivity index (χ2v) is 6.62.